The van der Waals surface area contributed by atoms with Gasteiger partial charge in [0.05, 0.1) is 0 Å². The van der Waals surface area contributed by atoms with Gasteiger partial charge in [0.1, 0.15) is 0 Å². The van der Waals surface area contributed by atoms with E-state index in [1.807, 2.05) is 0 Å². The Morgan fingerprint density at radius 2 is 1.22 bits per heavy atom. The van der Waals surface area contributed by atoms with E-state index in [1.165, 1.54) is 0 Å². The molecule has 0 atom stereocenters. The summed E-state index contributed by atoms with van der Waals surface area (Å²) in [5, 5.41) is 15.6. The minimum absolute atomic E-state index is 0. The summed E-state index contributed by atoms with van der Waals surface area (Å²) in [4.78, 5) is 19.1. The van der Waals surface area contributed by atoms with E-state index in [0.717, 1.165) is 0 Å². The van der Waals surface area contributed by atoms with Crippen molar-refractivity contribution in [2.45, 2.75) is 0 Å². The number of hydrogen-bond donors (Lipinski definition) is 2. The molecular formula is C4H4O4Zr. The van der Waals surface area contributed by atoms with Gasteiger partial charge in [-0.1, -0.05) is 0 Å². The fourth-order valence-electron chi connectivity index (χ4n) is 0.143. The zero-order chi connectivity index (χ0) is 6.57. The van der Waals surface area contributed by atoms with E-state index < -0.39 is 11.9 Å². The van der Waals surface area contributed by atoms with Crippen LogP contribution in [0.2, 0.25) is 0 Å². The van der Waals surface area contributed by atoms with E-state index in [9.17, 15) is 9.59 Å². The molecule has 0 fully saturated rings. The Morgan fingerprint density at radius 1 is 1.00 bits per heavy atom. The van der Waals surface area contributed by atoms with Crippen molar-refractivity contribution in [2.75, 3.05) is 0 Å². The predicted molar refractivity (Wildman–Crippen MR) is 24.4 cm³/mol. The first-order valence-corrected chi connectivity index (χ1v) is 1.77. The van der Waals surface area contributed by atoms with Crippen LogP contribution in [-0.4, -0.2) is 22.2 Å². The van der Waals surface area contributed by atoms with Crippen molar-refractivity contribution in [1.82, 2.24) is 0 Å². The standard InChI is InChI=1S/C4H4O4.Zr/c5-3(6)1-2-4(7)8;/h1-2H,(H,5,6)(H,7,8);. The summed E-state index contributed by atoms with van der Waals surface area (Å²) in [7, 11) is 0. The summed E-state index contributed by atoms with van der Waals surface area (Å²) in [5.74, 6) is -2.51. The zero-order valence-corrected chi connectivity index (χ0v) is 6.82. The molecule has 0 unspecified atom stereocenters. The minimum atomic E-state index is -1.26. The molecule has 0 aromatic heterocycles. The van der Waals surface area contributed by atoms with E-state index >= 15 is 0 Å². The van der Waals surface area contributed by atoms with Crippen LogP contribution >= 0.6 is 0 Å². The van der Waals surface area contributed by atoms with Crippen molar-refractivity contribution < 1.29 is 46.0 Å². The van der Waals surface area contributed by atoms with Crippen molar-refractivity contribution in [3.8, 4) is 0 Å². The largest absolute Gasteiger partial charge is 0.478 e. The maximum absolute atomic E-state index is 9.55. The SMILES string of the molecule is O=C(O)C=CC(=O)O.[Zr]. The van der Waals surface area contributed by atoms with Crippen molar-refractivity contribution in [2.24, 2.45) is 0 Å². The summed E-state index contributed by atoms with van der Waals surface area (Å²) >= 11 is 0. The Balaban J connectivity index is 0. The molecule has 0 aromatic rings. The Kier molecular flexibility index (Phi) is 7.20. The van der Waals surface area contributed by atoms with E-state index in [-0.39, 0.29) is 26.2 Å². The molecule has 5 heteroatoms. The molecule has 48 valence electrons. The molecule has 0 aliphatic heterocycles. The molecule has 0 amide bonds. The molecular weight excluding hydrogens is 203 g/mol. The van der Waals surface area contributed by atoms with Gasteiger partial charge >= 0.3 is 11.9 Å². The number of hydrogen-bond acceptors (Lipinski definition) is 2. The number of aliphatic carboxylic acids is 2. The van der Waals surface area contributed by atoms with Gasteiger partial charge in [0, 0.05) is 38.4 Å². The van der Waals surface area contributed by atoms with Crippen molar-refractivity contribution >= 4 is 11.9 Å². The number of carboxylic acid groups (broad SMARTS) is 2. The minimum Gasteiger partial charge on any atom is -0.478 e. The van der Waals surface area contributed by atoms with Crippen LogP contribution in [0.5, 0.6) is 0 Å². The van der Waals surface area contributed by atoms with Crippen LogP contribution in [0, 0.1) is 0 Å². The molecule has 4 nitrogen and oxygen atoms in total. The first-order chi connectivity index (χ1) is 3.63. The van der Waals surface area contributed by atoms with E-state index in [4.69, 9.17) is 10.2 Å². The third-order valence-corrected chi connectivity index (χ3v) is 0.368. The molecule has 0 aromatic carbocycles. The van der Waals surface area contributed by atoms with Gasteiger partial charge in [-0.2, -0.15) is 0 Å². The third-order valence-electron chi connectivity index (χ3n) is 0.368. The average molecular weight is 207 g/mol. The van der Waals surface area contributed by atoms with Crippen LogP contribution in [0.25, 0.3) is 0 Å². The summed E-state index contributed by atoms with van der Waals surface area (Å²) in [6.07, 6.45) is 1.12. The summed E-state index contributed by atoms with van der Waals surface area (Å²) in [5.41, 5.74) is 0. The van der Waals surface area contributed by atoms with Crippen molar-refractivity contribution in [3.63, 3.8) is 0 Å². The fourth-order valence-corrected chi connectivity index (χ4v) is 0.143. The number of carboxylic acids is 2. The summed E-state index contributed by atoms with van der Waals surface area (Å²) in [6.45, 7) is 0. The van der Waals surface area contributed by atoms with Gasteiger partial charge in [-0.3, -0.25) is 0 Å². The van der Waals surface area contributed by atoms with Crippen LogP contribution in [-0.2, 0) is 35.8 Å². The van der Waals surface area contributed by atoms with Crippen LogP contribution in [0.3, 0.4) is 0 Å². The molecule has 0 aliphatic carbocycles. The summed E-state index contributed by atoms with van der Waals surface area (Å²) < 4.78 is 0. The third kappa shape index (κ3) is 11.2. The molecule has 0 spiro atoms. The first kappa shape index (κ1) is 11.4. The van der Waals surface area contributed by atoms with Gasteiger partial charge < -0.3 is 10.2 Å². The monoisotopic (exact) mass is 206 g/mol. The van der Waals surface area contributed by atoms with E-state index in [1.54, 1.807) is 0 Å². The second-order valence-electron chi connectivity index (χ2n) is 1.01. The quantitative estimate of drug-likeness (QED) is 0.610. The van der Waals surface area contributed by atoms with E-state index in [0.29, 0.717) is 12.2 Å². The Hall–Kier alpha value is -0.437. The average Bonchev–Trinajstić information content (AvgIpc) is 1.61. The molecule has 2 N–H and O–H groups in total. The molecule has 0 radical (unpaired) electrons. The fraction of sp³-hybridized carbons (Fsp3) is 0. The Labute approximate surface area is 70.3 Å². The topological polar surface area (TPSA) is 74.6 Å². The molecule has 0 saturated carbocycles. The molecule has 0 heterocycles. The van der Waals surface area contributed by atoms with Gasteiger partial charge in [-0.05, 0) is 0 Å². The first-order valence-electron chi connectivity index (χ1n) is 1.77. The normalized spacial score (nSPS) is 8.44. The van der Waals surface area contributed by atoms with Crippen LogP contribution in [0.15, 0.2) is 12.2 Å². The van der Waals surface area contributed by atoms with Gasteiger partial charge in [-0.15, -0.1) is 0 Å². The summed E-state index contributed by atoms with van der Waals surface area (Å²) in [6, 6.07) is 0. The van der Waals surface area contributed by atoms with Crippen LogP contribution < -0.4 is 0 Å². The Bertz CT molecular complexity index is 124. The second kappa shape index (κ2) is 5.70. The molecule has 0 rings (SSSR count). The number of rotatable bonds is 2. The maximum Gasteiger partial charge on any atom is 0.328 e. The number of carbonyl (C=O) groups is 2. The van der Waals surface area contributed by atoms with Gasteiger partial charge in [-0.25, -0.2) is 9.59 Å². The predicted octanol–water partition coefficient (Wildman–Crippen LogP) is -0.291. The Morgan fingerprint density at radius 3 is 1.33 bits per heavy atom. The van der Waals surface area contributed by atoms with Crippen LogP contribution in [0.1, 0.15) is 0 Å². The van der Waals surface area contributed by atoms with Crippen molar-refractivity contribution in [3.05, 3.63) is 12.2 Å². The second-order valence-corrected chi connectivity index (χ2v) is 1.01. The van der Waals surface area contributed by atoms with Crippen LogP contribution in [0.4, 0.5) is 0 Å². The van der Waals surface area contributed by atoms with Gasteiger partial charge in [0.15, 0.2) is 0 Å². The van der Waals surface area contributed by atoms with Gasteiger partial charge in [0.25, 0.3) is 0 Å². The van der Waals surface area contributed by atoms with E-state index in [2.05, 4.69) is 0 Å². The van der Waals surface area contributed by atoms with Crippen molar-refractivity contribution in [1.29, 1.82) is 0 Å². The van der Waals surface area contributed by atoms with Gasteiger partial charge in [0.2, 0.25) is 0 Å². The molecule has 9 heavy (non-hydrogen) atoms. The zero-order valence-electron chi connectivity index (χ0n) is 4.37. The molecule has 0 bridgehead atoms. The molecule has 0 aliphatic rings. The smallest absolute Gasteiger partial charge is 0.328 e. The maximum atomic E-state index is 9.55. The molecule has 0 saturated heterocycles.